The maximum atomic E-state index is 5.00. The number of halogens is 1. The van der Waals surface area contributed by atoms with Gasteiger partial charge in [-0.2, -0.15) is 0 Å². The Balaban J connectivity index is 1.98. The molecular weight excluding hydrogens is 302 g/mol. The molecule has 0 amide bonds. The molecule has 3 nitrogen and oxygen atoms in total. The summed E-state index contributed by atoms with van der Waals surface area (Å²) in [5.74, 6) is 0.944. The second kappa shape index (κ2) is 3.48. The van der Waals surface area contributed by atoms with Crippen LogP contribution in [0.3, 0.4) is 0 Å². The van der Waals surface area contributed by atoms with Gasteiger partial charge >= 0.3 is 0 Å². The van der Waals surface area contributed by atoms with Crippen LogP contribution in [0.2, 0.25) is 0 Å². The molecule has 2 spiro atoms. The minimum atomic E-state index is -0.353. The number of hydrogen-bond acceptors (Lipinski definition) is 3. The summed E-state index contributed by atoms with van der Waals surface area (Å²) in [6.45, 7) is 2.05. The number of rotatable bonds is 0. The number of fused-ring (bicyclic) bond motifs is 3. The number of amidine groups is 1. The third-order valence-electron chi connectivity index (χ3n) is 4.75. The molecule has 1 saturated carbocycles. The lowest BCUT2D eigenvalue weighted by atomic mass is 9.91. The summed E-state index contributed by atoms with van der Waals surface area (Å²) < 4.78 is 1.12. The van der Waals surface area contributed by atoms with Crippen LogP contribution in [0.25, 0.3) is 0 Å². The molecule has 4 heteroatoms. The van der Waals surface area contributed by atoms with Gasteiger partial charge in [0, 0.05) is 22.5 Å². The summed E-state index contributed by atoms with van der Waals surface area (Å²) in [5.41, 5.74) is 3.63. The first-order valence-electron chi connectivity index (χ1n) is 6.74. The second-order valence-electron chi connectivity index (χ2n) is 5.84. The van der Waals surface area contributed by atoms with Crippen LogP contribution in [0, 0.1) is 5.41 Å². The first kappa shape index (κ1) is 11.6. The lowest BCUT2D eigenvalue weighted by molar-refractivity contribution is 0.298. The fourth-order valence-electron chi connectivity index (χ4n) is 3.63. The number of benzene rings is 1. The van der Waals surface area contributed by atoms with Crippen LogP contribution in [0.5, 0.6) is 0 Å². The Morgan fingerprint density at radius 3 is 2.68 bits per heavy atom. The molecule has 1 fully saturated rings. The van der Waals surface area contributed by atoms with Crippen molar-refractivity contribution < 1.29 is 0 Å². The van der Waals surface area contributed by atoms with Gasteiger partial charge in [0.15, 0.2) is 5.66 Å². The van der Waals surface area contributed by atoms with Crippen molar-refractivity contribution in [2.24, 2.45) is 15.4 Å². The van der Waals surface area contributed by atoms with Crippen molar-refractivity contribution in [1.29, 1.82) is 0 Å². The van der Waals surface area contributed by atoms with Gasteiger partial charge in [-0.1, -0.05) is 22.0 Å². The second-order valence-corrected chi connectivity index (χ2v) is 6.75. The Labute approximate surface area is 121 Å². The standard InChI is InChI=1S/C15H16BrN3/c1-9-13(17-2)19-15(18-9)12-7-11(16)4-3-10(12)8-14(15)5-6-14/h3-4,7H,5-6,8H2,1-2H3,(H,17,19). The van der Waals surface area contributed by atoms with Crippen molar-refractivity contribution in [3.63, 3.8) is 0 Å². The molecule has 0 aromatic heterocycles. The number of nitrogens with one attached hydrogen (secondary N) is 1. The van der Waals surface area contributed by atoms with Gasteiger partial charge in [-0.15, -0.1) is 0 Å². The molecular formula is C15H16BrN3. The van der Waals surface area contributed by atoms with Gasteiger partial charge in [-0.25, -0.2) is 4.99 Å². The maximum absolute atomic E-state index is 5.00. The van der Waals surface area contributed by atoms with Gasteiger partial charge in [0.2, 0.25) is 0 Å². The van der Waals surface area contributed by atoms with E-state index in [0.717, 1.165) is 22.4 Å². The van der Waals surface area contributed by atoms with Crippen LogP contribution in [0.4, 0.5) is 0 Å². The highest BCUT2D eigenvalue weighted by Crippen LogP contribution is 2.68. The van der Waals surface area contributed by atoms with E-state index in [1.165, 1.54) is 24.0 Å². The van der Waals surface area contributed by atoms with Gasteiger partial charge in [0.1, 0.15) is 5.84 Å². The van der Waals surface area contributed by atoms with Crippen molar-refractivity contribution in [2.75, 3.05) is 7.05 Å². The Hall–Kier alpha value is -1.16. The molecule has 1 unspecified atom stereocenters. The van der Waals surface area contributed by atoms with E-state index in [4.69, 9.17) is 9.98 Å². The van der Waals surface area contributed by atoms with Crippen molar-refractivity contribution in [3.05, 3.63) is 33.8 Å². The van der Waals surface area contributed by atoms with Crippen molar-refractivity contribution in [1.82, 2.24) is 5.32 Å². The van der Waals surface area contributed by atoms with Crippen LogP contribution >= 0.6 is 15.9 Å². The highest BCUT2D eigenvalue weighted by molar-refractivity contribution is 9.10. The third kappa shape index (κ3) is 1.33. The molecule has 4 rings (SSSR count). The van der Waals surface area contributed by atoms with E-state index < -0.39 is 0 Å². The summed E-state index contributed by atoms with van der Waals surface area (Å²) in [6, 6.07) is 6.56. The molecule has 1 atom stereocenters. The van der Waals surface area contributed by atoms with Crippen LogP contribution in [-0.2, 0) is 12.1 Å². The Morgan fingerprint density at radius 1 is 1.26 bits per heavy atom. The highest BCUT2D eigenvalue weighted by Gasteiger charge is 2.66. The average Bonchev–Trinajstić information content (AvgIpc) is 3.02. The zero-order chi connectivity index (χ0) is 13.3. The van der Waals surface area contributed by atoms with Gasteiger partial charge < -0.3 is 5.32 Å². The molecule has 2 aliphatic carbocycles. The largest absolute Gasteiger partial charge is 0.372 e. The van der Waals surface area contributed by atoms with Gasteiger partial charge in [-0.3, -0.25) is 4.99 Å². The minimum absolute atomic E-state index is 0.246. The SMILES string of the molecule is CNC1=NC2(N=C1C)c1cc(Br)ccc1CC21CC1. The lowest BCUT2D eigenvalue weighted by Crippen LogP contribution is -2.28. The molecule has 0 radical (unpaired) electrons. The zero-order valence-corrected chi connectivity index (χ0v) is 12.7. The third-order valence-corrected chi connectivity index (χ3v) is 5.25. The van der Waals surface area contributed by atoms with Crippen LogP contribution in [0.15, 0.2) is 32.7 Å². The smallest absolute Gasteiger partial charge is 0.184 e. The molecule has 1 aromatic carbocycles. The van der Waals surface area contributed by atoms with Crippen LogP contribution in [-0.4, -0.2) is 18.6 Å². The number of aliphatic imine (C=N–C) groups is 2. The quantitative estimate of drug-likeness (QED) is 0.784. The molecule has 3 aliphatic rings. The van der Waals surface area contributed by atoms with Crippen LogP contribution in [0.1, 0.15) is 30.9 Å². The Kier molecular flexibility index (Phi) is 2.13. The van der Waals surface area contributed by atoms with E-state index >= 15 is 0 Å². The van der Waals surface area contributed by atoms with Crippen molar-refractivity contribution >= 4 is 27.5 Å². The fraction of sp³-hybridized carbons (Fsp3) is 0.467. The number of nitrogens with zero attached hydrogens (tertiary/aromatic N) is 2. The van der Waals surface area contributed by atoms with E-state index in [1.54, 1.807) is 0 Å². The maximum Gasteiger partial charge on any atom is 0.184 e. The van der Waals surface area contributed by atoms with Crippen LogP contribution < -0.4 is 5.32 Å². The Morgan fingerprint density at radius 2 is 2.05 bits per heavy atom. The fourth-order valence-corrected chi connectivity index (χ4v) is 4.00. The number of hydrogen-bond donors (Lipinski definition) is 1. The highest BCUT2D eigenvalue weighted by atomic mass is 79.9. The van der Waals surface area contributed by atoms with E-state index in [2.05, 4.69) is 46.4 Å². The van der Waals surface area contributed by atoms with Gasteiger partial charge in [-0.05, 0) is 43.9 Å². The lowest BCUT2D eigenvalue weighted by Gasteiger charge is -2.26. The normalized spacial score (nSPS) is 29.4. The summed E-state index contributed by atoms with van der Waals surface area (Å²) in [5, 5.41) is 3.18. The molecule has 1 aromatic rings. The summed E-state index contributed by atoms with van der Waals surface area (Å²) >= 11 is 3.59. The Bertz CT molecular complexity index is 643. The van der Waals surface area contributed by atoms with Crippen molar-refractivity contribution in [2.45, 2.75) is 31.8 Å². The van der Waals surface area contributed by atoms with Crippen molar-refractivity contribution in [3.8, 4) is 0 Å². The van der Waals surface area contributed by atoms with E-state index in [1.807, 2.05) is 7.05 Å². The molecule has 1 aliphatic heterocycles. The molecule has 0 saturated heterocycles. The zero-order valence-electron chi connectivity index (χ0n) is 11.1. The molecule has 0 bridgehead atoms. The van der Waals surface area contributed by atoms with E-state index in [9.17, 15) is 0 Å². The topological polar surface area (TPSA) is 36.8 Å². The average molecular weight is 318 g/mol. The van der Waals surface area contributed by atoms with E-state index in [0.29, 0.717) is 0 Å². The monoisotopic (exact) mass is 317 g/mol. The summed E-state index contributed by atoms with van der Waals surface area (Å²) in [7, 11) is 1.92. The predicted molar refractivity (Wildman–Crippen MR) is 80.8 cm³/mol. The molecule has 98 valence electrons. The molecule has 19 heavy (non-hydrogen) atoms. The first-order valence-corrected chi connectivity index (χ1v) is 7.53. The van der Waals surface area contributed by atoms with Gasteiger partial charge in [0.25, 0.3) is 0 Å². The van der Waals surface area contributed by atoms with Gasteiger partial charge in [0.05, 0.1) is 5.71 Å². The van der Waals surface area contributed by atoms with E-state index in [-0.39, 0.29) is 11.1 Å². The minimum Gasteiger partial charge on any atom is -0.372 e. The summed E-state index contributed by atoms with van der Waals surface area (Å²) in [4.78, 5) is 10.00. The summed E-state index contributed by atoms with van der Waals surface area (Å²) in [6.07, 6.45) is 3.58. The molecule has 1 N–H and O–H groups in total. The first-order chi connectivity index (χ1) is 9.10. The molecule has 1 heterocycles. The predicted octanol–water partition coefficient (Wildman–Crippen LogP) is 3.03.